The Hall–Kier alpha value is -3.20. The van der Waals surface area contributed by atoms with E-state index >= 15 is 0 Å². The summed E-state index contributed by atoms with van der Waals surface area (Å²) in [7, 11) is -3.16. The van der Waals surface area contributed by atoms with Gasteiger partial charge in [0, 0.05) is 11.3 Å². The number of carbonyl (C=O) groups is 1. The van der Waals surface area contributed by atoms with E-state index < -0.39 is 21.2 Å². The second-order valence-electron chi connectivity index (χ2n) is 6.36. The maximum Gasteiger partial charge on any atom is 0.339 e. The predicted molar refractivity (Wildman–Crippen MR) is 99.4 cm³/mol. The second kappa shape index (κ2) is 5.92. The summed E-state index contributed by atoms with van der Waals surface area (Å²) in [5.74, 6) is -1.61. The van der Waals surface area contributed by atoms with E-state index in [1.54, 1.807) is 24.3 Å². The van der Waals surface area contributed by atoms with E-state index in [0.717, 1.165) is 11.6 Å². The zero-order valence-corrected chi connectivity index (χ0v) is 14.7. The van der Waals surface area contributed by atoms with E-state index in [1.807, 2.05) is 0 Å². The summed E-state index contributed by atoms with van der Waals surface area (Å²) in [5, 5.41) is 10.7. The van der Waals surface area contributed by atoms with Crippen molar-refractivity contribution in [2.45, 2.75) is 12.3 Å². The summed E-state index contributed by atoms with van der Waals surface area (Å²) in [5.41, 5.74) is 5.96. The highest BCUT2D eigenvalue weighted by Crippen LogP contribution is 2.29. The minimum Gasteiger partial charge on any atom is -0.478 e. The van der Waals surface area contributed by atoms with Crippen LogP contribution in [0.4, 0.5) is 5.82 Å². The molecule has 1 aliphatic heterocycles. The number of aromatic nitrogens is 1. The van der Waals surface area contributed by atoms with Crippen molar-refractivity contribution in [2.75, 3.05) is 11.5 Å². The van der Waals surface area contributed by atoms with E-state index in [0.29, 0.717) is 12.0 Å². The first-order chi connectivity index (χ1) is 12.7. The number of nitrogens with zero attached hydrogens (tertiary/aromatic N) is 1. The minimum absolute atomic E-state index is 0.0213. The molecule has 0 unspecified atom stereocenters. The molecule has 0 amide bonds. The number of anilines is 1. The minimum atomic E-state index is -3.16. The van der Waals surface area contributed by atoms with Crippen molar-refractivity contribution in [3.63, 3.8) is 0 Å². The van der Waals surface area contributed by atoms with E-state index in [9.17, 15) is 23.1 Å². The number of allylic oxidation sites excluding steroid dienone is 1. The number of nitrogens with two attached hydrogens (primary N) is 1. The number of rotatable bonds is 2. The molecule has 3 heterocycles. The molecular formula is C18H14N2O6S. The Morgan fingerprint density at radius 1 is 1.26 bits per heavy atom. The highest BCUT2D eigenvalue weighted by atomic mass is 32.2. The molecule has 0 fully saturated rings. The summed E-state index contributed by atoms with van der Waals surface area (Å²) in [4.78, 5) is 28.0. The molecule has 27 heavy (non-hydrogen) atoms. The Bertz CT molecular complexity index is 1310. The molecule has 0 spiro atoms. The van der Waals surface area contributed by atoms with Crippen molar-refractivity contribution in [2.24, 2.45) is 0 Å². The highest BCUT2D eigenvalue weighted by Gasteiger charge is 2.21. The zero-order chi connectivity index (χ0) is 19.3. The molecule has 0 radical (unpaired) electrons. The van der Waals surface area contributed by atoms with Gasteiger partial charge in [0.2, 0.25) is 11.1 Å². The molecule has 1 atom stereocenters. The molecule has 8 nitrogen and oxygen atoms in total. The topological polar surface area (TPSA) is 141 Å². The highest BCUT2D eigenvalue weighted by molar-refractivity contribution is 7.94. The quantitative estimate of drug-likeness (QED) is 0.638. The monoisotopic (exact) mass is 386 g/mol. The van der Waals surface area contributed by atoms with E-state index in [1.165, 1.54) is 5.41 Å². The van der Waals surface area contributed by atoms with Gasteiger partial charge in [-0.15, -0.1) is 0 Å². The van der Waals surface area contributed by atoms with Crippen molar-refractivity contribution >= 4 is 43.7 Å². The number of hydrogen-bond donors (Lipinski definition) is 2. The van der Waals surface area contributed by atoms with Gasteiger partial charge in [0.15, 0.2) is 9.84 Å². The molecule has 0 saturated carbocycles. The van der Waals surface area contributed by atoms with Gasteiger partial charge in [-0.2, -0.15) is 4.98 Å². The van der Waals surface area contributed by atoms with Crippen LogP contribution in [0.2, 0.25) is 0 Å². The molecule has 2 aromatic heterocycles. The van der Waals surface area contributed by atoms with Crippen LogP contribution in [0.25, 0.3) is 22.1 Å². The smallest absolute Gasteiger partial charge is 0.339 e. The van der Waals surface area contributed by atoms with Crippen molar-refractivity contribution in [3.8, 4) is 0 Å². The summed E-state index contributed by atoms with van der Waals surface area (Å²) < 4.78 is 28.7. The van der Waals surface area contributed by atoms with Crippen LogP contribution >= 0.6 is 0 Å². The standard InChI is InChI=1S/C18H14N2O6S/c19-16-13(18(22)23)8-12-15(21)11-7-10(1-2-14(11)26-17(12)20-16)9-3-5-27(24,25)6-4-9/h1-3,5,7-9H,4,6H2,(H2,19,20)(H,22,23)/t9-/m0/s1. The van der Waals surface area contributed by atoms with Crippen LogP contribution in [0.15, 0.2) is 45.0 Å². The first kappa shape index (κ1) is 17.2. The number of sulfone groups is 1. The number of carboxylic acids is 1. The van der Waals surface area contributed by atoms with Crippen LogP contribution in [-0.2, 0) is 9.84 Å². The average molecular weight is 386 g/mol. The number of hydrogen-bond acceptors (Lipinski definition) is 7. The molecule has 0 bridgehead atoms. The van der Waals surface area contributed by atoms with Gasteiger partial charge in [-0.3, -0.25) is 4.79 Å². The normalized spacial score (nSPS) is 18.7. The zero-order valence-electron chi connectivity index (χ0n) is 13.9. The maximum absolute atomic E-state index is 12.9. The van der Waals surface area contributed by atoms with Gasteiger partial charge in [0.1, 0.15) is 17.0 Å². The van der Waals surface area contributed by atoms with E-state index in [-0.39, 0.29) is 39.5 Å². The lowest BCUT2D eigenvalue weighted by Gasteiger charge is -2.17. The van der Waals surface area contributed by atoms with Gasteiger partial charge in [0.05, 0.1) is 16.5 Å². The first-order valence-corrected chi connectivity index (χ1v) is 9.78. The molecule has 3 N–H and O–H groups in total. The van der Waals surface area contributed by atoms with Crippen molar-refractivity contribution in [1.29, 1.82) is 0 Å². The largest absolute Gasteiger partial charge is 0.478 e. The van der Waals surface area contributed by atoms with Crippen molar-refractivity contribution in [1.82, 2.24) is 4.98 Å². The van der Waals surface area contributed by atoms with Crippen LogP contribution in [0, 0.1) is 0 Å². The molecular weight excluding hydrogens is 372 g/mol. The third kappa shape index (κ3) is 2.95. The number of aromatic carboxylic acids is 1. The number of nitrogen functional groups attached to an aromatic ring is 1. The van der Waals surface area contributed by atoms with Crippen molar-refractivity contribution < 1.29 is 22.7 Å². The lowest BCUT2D eigenvalue weighted by atomic mass is 9.95. The number of pyridine rings is 1. The first-order valence-electron chi connectivity index (χ1n) is 8.06. The van der Waals surface area contributed by atoms with Gasteiger partial charge in [-0.05, 0) is 30.2 Å². The Labute approximate surface area is 152 Å². The molecule has 3 aromatic rings. The Morgan fingerprint density at radius 2 is 2.04 bits per heavy atom. The lowest BCUT2D eigenvalue weighted by molar-refractivity contribution is 0.0698. The molecule has 0 aliphatic carbocycles. The second-order valence-corrected chi connectivity index (χ2v) is 8.36. The average Bonchev–Trinajstić information content (AvgIpc) is 2.61. The van der Waals surface area contributed by atoms with Gasteiger partial charge >= 0.3 is 5.97 Å². The molecule has 1 aliphatic rings. The van der Waals surface area contributed by atoms with Gasteiger partial charge in [-0.1, -0.05) is 12.1 Å². The fraction of sp³-hybridized carbons (Fsp3) is 0.167. The van der Waals surface area contributed by atoms with Crippen LogP contribution < -0.4 is 11.2 Å². The lowest BCUT2D eigenvalue weighted by Crippen LogP contribution is -2.13. The Balaban J connectivity index is 1.92. The van der Waals surface area contributed by atoms with E-state index in [2.05, 4.69) is 4.98 Å². The third-order valence-corrected chi connectivity index (χ3v) is 5.98. The summed E-state index contributed by atoms with van der Waals surface area (Å²) >= 11 is 0. The predicted octanol–water partition coefficient (Wildman–Crippen LogP) is 2.04. The molecule has 0 saturated heterocycles. The van der Waals surface area contributed by atoms with E-state index in [4.69, 9.17) is 10.2 Å². The van der Waals surface area contributed by atoms with Gasteiger partial charge in [0.25, 0.3) is 0 Å². The molecule has 9 heteroatoms. The fourth-order valence-electron chi connectivity index (χ4n) is 3.16. The SMILES string of the molecule is Nc1nc2oc3ccc([C@H]4C=CS(=O)(=O)CC4)cc3c(=O)c2cc1C(=O)O. The summed E-state index contributed by atoms with van der Waals surface area (Å²) in [6.45, 7) is 0. The molecule has 4 rings (SSSR count). The Morgan fingerprint density at radius 3 is 2.70 bits per heavy atom. The van der Waals surface area contributed by atoms with Crippen molar-refractivity contribution in [3.05, 3.63) is 57.1 Å². The number of benzene rings is 1. The van der Waals surface area contributed by atoms with Crippen LogP contribution in [0.3, 0.4) is 0 Å². The third-order valence-electron chi connectivity index (χ3n) is 4.61. The van der Waals surface area contributed by atoms with Crippen LogP contribution in [0.1, 0.15) is 28.3 Å². The Kier molecular flexibility index (Phi) is 3.77. The van der Waals surface area contributed by atoms with Crippen LogP contribution in [-0.4, -0.2) is 30.2 Å². The number of carboxylic acid groups (broad SMARTS) is 1. The number of fused-ring (bicyclic) bond motifs is 2. The van der Waals surface area contributed by atoms with Gasteiger partial charge < -0.3 is 15.3 Å². The molecule has 138 valence electrons. The summed E-state index contributed by atoms with van der Waals surface area (Å²) in [6, 6.07) is 6.18. The fourth-order valence-corrected chi connectivity index (χ4v) is 4.31. The van der Waals surface area contributed by atoms with Gasteiger partial charge in [-0.25, -0.2) is 13.2 Å². The summed E-state index contributed by atoms with van der Waals surface area (Å²) in [6.07, 6.45) is 2.03. The molecule has 1 aromatic carbocycles. The van der Waals surface area contributed by atoms with Crippen LogP contribution in [0.5, 0.6) is 0 Å². The maximum atomic E-state index is 12.9.